The van der Waals surface area contributed by atoms with Crippen molar-refractivity contribution >= 4 is 21.6 Å². The highest BCUT2D eigenvalue weighted by molar-refractivity contribution is 9.10. The molecule has 0 amide bonds. The standard InChI is InChI=1S/C14H21BrN2O2/c1-14(2,3)12(16-4)9-8-10-6-5-7-11(13(10)15)17(18)19/h5-7,12,16H,8-9H2,1-4H3. The van der Waals surface area contributed by atoms with Gasteiger partial charge in [0.15, 0.2) is 0 Å². The molecule has 106 valence electrons. The van der Waals surface area contributed by atoms with Gasteiger partial charge >= 0.3 is 0 Å². The minimum Gasteiger partial charge on any atom is -0.316 e. The van der Waals surface area contributed by atoms with Gasteiger partial charge in [0.05, 0.1) is 9.40 Å². The van der Waals surface area contributed by atoms with E-state index in [0.29, 0.717) is 10.5 Å². The lowest BCUT2D eigenvalue weighted by molar-refractivity contribution is -0.385. The second-order valence-corrected chi connectivity index (χ2v) is 6.55. The Morgan fingerprint density at radius 3 is 2.53 bits per heavy atom. The molecule has 1 unspecified atom stereocenters. The molecule has 4 nitrogen and oxygen atoms in total. The van der Waals surface area contributed by atoms with Crippen LogP contribution in [0.2, 0.25) is 0 Å². The second-order valence-electron chi connectivity index (χ2n) is 5.75. The van der Waals surface area contributed by atoms with Gasteiger partial charge in [-0.2, -0.15) is 0 Å². The van der Waals surface area contributed by atoms with Crippen LogP contribution in [-0.4, -0.2) is 18.0 Å². The molecule has 1 atom stereocenters. The molecular weight excluding hydrogens is 308 g/mol. The van der Waals surface area contributed by atoms with Crippen LogP contribution in [-0.2, 0) is 6.42 Å². The van der Waals surface area contributed by atoms with E-state index in [-0.39, 0.29) is 16.0 Å². The van der Waals surface area contributed by atoms with Gasteiger partial charge in [-0.25, -0.2) is 0 Å². The summed E-state index contributed by atoms with van der Waals surface area (Å²) in [4.78, 5) is 10.5. The third-order valence-electron chi connectivity index (χ3n) is 3.35. The molecule has 5 heteroatoms. The highest BCUT2D eigenvalue weighted by Gasteiger charge is 2.23. The molecule has 0 aliphatic rings. The molecular formula is C14H21BrN2O2. The summed E-state index contributed by atoms with van der Waals surface area (Å²) in [5.41, 5.74) is 1.29. The zero-order valence-electron chi connectivity index (χ0n) is 11.9. The molecule has 1 aromatic carbocycles. The van der Waals surface area contributed by atoms with Crippen LogP contribution >= 0.6 is 15.9 Å². The molecule has 0 saturated carbocycles. The van der Waals surface area contributed by atoms with Gasteiger partial charge < -0.3 is 5.32 Å². The lowest BCUT2D eigenvalue weighted by Crippen LogP contribution is -2.38. The highest BCUT2D eigenvalue weighted by atomic mass is 79.9. The van der Waals surface area contributed by atoms with Crippen molar-refractivity contribution < 1.29 is 4.92 Å². The zero-order chi connectivity index (χ0) is 14.6. The molecule has 0 heterocycles. The monoisotopic (exact) mass is 328 g/mol. The van der Waals surface area contributed by atoms with Crippen molar-refractivity contribution in [2.24, 2.45) is 5.41 Å². The Labute approximate surface area is 122 Å². The molecule has 0 spiro atoms. The van der Waals surface area contributed by atoms with Crippen molar-refractivity contribution in [3.63, 3.8) is 0 Å². The van der Waals surface area contributed by atoms with E-state index in [4.69, 9.17) is 0 Å². The molecule has 1 rings (SSSR count). The first-order valence-electron chi connectivity index (χ1n) is 6.36. The minimum absolute atomic E-state index is 0.134. The van der Waals surface area contributed by atoms with Crippen LogP contribution in [0.5, 0.6) is 0 Å². The van der Waals surface area contributed by atoms with Crippen LogP contribution in [0.1, 0.15) is 32.8 Å². The third-order valence-corrected chi connectivity index (χ3v) is 4.27. The minimum atomic E-state index is -0.354. The van der Waals surface area contributed by atoms with E-state index in [2.05, 4.69) is 42.0 Å². The summed E-state index contributed by atoms with van der Waals surface area (Å²) in [5.74, 6) is 0. The second kappa shape index (κ2) is 6.48. The van der Waals surface area contributed by atoms with Crippen LogP contribution in [0, 0.1) is 15.5 Å². The predicted molar refractivity (Wildman–Crippen MR) is 81.4 cm³/mol. The maximum absolute atomic E-state index is 10.9. The molecule has 0 aliphatic heterocycles. The largest absolute Gasteiger partial charge is 0.316 e. The van der Waals surface area contributed by atoms with Crippen LogP contribution in [0.4, 0.5) is 5.69 Å². The van der Waals surface area contributed by atoms with Gasteiger partial charge in [-0.3, -0.25) is 10.1 Å². The van der Waals surface area contributed by atoms with Crippen molar-refractivity contribution in [1.29, 1.82) is 0 Å². The smallest absolute Gasteiger partial charge is 0.283 e. The van der Waals surface area contributed by atoms with E-state index in [1.54, 1.807) is 6.07 Å². The Balaban J connectivity index is 2.84. The Kier molecular flexibility index (Phi) is 5.50. The fourth-order valence-corrected chi connectivity index (χ4v) is 2.82. The van der Waals surface area contributed by atoms with Crippen molar-refractivity contribution in [3.05, 3.63) is 38.3 Å². The average molecular weight is 329 g/mol. The zero-order valence-corrected chi connectivity index (χ0v) is 13.5. The van der Waals surface area contributed by atoms with Crippen LogP contribution in [0.3, 0.4) is 0 Å². The summed E-state index contributed by atoms with van der Waals surface area (Å²) in [6, 6.07) is 5.57. The quantitative estimate of drug-likeness (QED) is 0.658. The molecule has 0 fully saturated rings. The topological polar surface area (TPSA) is 55.2 Å². The first kappa shape index (κ1) is 16.1. The Morgan fingerprint density at radius 1 is 1.42 bits per heavy atom. The number of hydrogen-bond donors (Lipinski definition) is 1. The fourth-order valence-electron chi connectivity index (χ4n) is 2.21. The number of rotatable bonds is 5. The number of aryl methyl sites for hydroxylation is 1. The molecule has 0 saturated heterocycles. The third kappa shape index (κ3) is 4.28. The van der Waals surface area contributed by atoms with E-state index < -0.39 is 0 Å². The van der Waals surface area contributed by atoms with E-state index in [1.165, 1.54) is 6.07 Å². The van der Waals surface area contributed by atoms with Gasteiger partial charge in [-0.05, 0) is 46.8 Å². The summed E-state index contributed by atoms with van der Waals surface area (Å²) in [6.07, 6.45) is 1.75. The number of nitro groups is 1. The summed E-state index contributed by atoms with van der Waals surface area (Å²) in [7, 11) is 1.96. The lowest BCUT2D eigenvalue weighted by atomic mass is 9.83. The van der Waals surface area contributed by atoms with Crippen molar-refractivity contribution in [2.45, 2.75) is 39.7 Å². The van der Waals surface area contributed by atoms with Gasteiger partial charge in [-0.1, -0.05) is 32.9 Å². The number of nitrogens with one attached hydrogen (secondary N) is 1. The van der Waals surface area contributed by atoms with E-state index >= 15 is 0 Å². The summed E-state index contributed by atoms with van der Waals surface area (Å²) in [6.45, 7) is 6.57. The molecule has 0 radical (unpaired) electrons. The van der Waals surface area contributed by atoms with E-state index in [9.17, 15) is 10.1 Å². The van der Waals surface area contributed by atoms with Gasteiger partial charge in [0.25, 0.3) is 5.69 Å². The molecule has 1 N–H and O–H groups in total. The fraction of sp³-hybridized carbons (Fsp3) is 0.571. The maximum atomic E-state index is 10.9. The molecule has 0 aliphatic carbocycles. The average Bonchev–Trinajstić information content (AvgIpc) is 2.29. The van der Waals surface area contributed by atoms with Crippen molar-refractivity contribution in [3.8, 4) is 0 Å². The van der Waals surface area contributed by atoms with Gasteiger partial charge in [-0.15, -0.1) is 0 Å². The Hall–Kier alpha value is -0.940. The summed E-state index contributed by atoms with van der Waals surface area (Å²) < 4.78 is 0.601. The van der Waals surface area contributed by atoms with Crippen LogP contribution in [0.25, 0.3) is 0 Å². The van der Waals surface area contributed by atoms with E-state index in [1.807, 2.05) is 13.1 Å². The summed E-state index contributed by atoms with van der Waals surface area (Å²) >= 11 is 3.34. The first-order valence-corrected chi connectivity index (χ1v) is 7.15. The van der Waals surface area contributed by atoms with E-state index in [0.717, 1.165) is 18.4 Å². The molecule has 19 heavy (non-hydrogen) atoms. The van der Waals surface area contributed by atoms with Gasteiger partial charge in [0.2, 0.25) is 0 Å². The Bertz CT molecular complexity index is 455. The van der Waals surface area contributed by atoms with Crippen molar-refractivity contribution in [1.82, 2.24) is 5.32 Å². The number of halogens is 1. The van der Waals surface area contributed by atoms with Gasteiger partial charge in [0.1, 0.15) is 0 Å². The first-order chi connectivity index (χ1) is 8.77. The normalized spacial score (nSPS) is 13.3. The molecule has 1 aromatic rings. The maximum Gasteiger partial charge on any atom is 0.283 e. The SMILES string of the molecule is CNC(CCc1cccc([N+](=O)[O-])c1Br)C(C)(C)C. The number of nitrogens with zero attached hydrogens (tertiary/aromatic N) is 1. The van der Waals surface area contributed by atoms with Crippen LogP contribution < -0.4 is 5.32 Å². The number of hydrogen-bond acceptors (Lipinski definition) is 3. The number of benzene rings is 1. The van der Waals surface area contributed by atoms with Crippen molar-refractivity contribution in [2.75, 3.05) is 7.05 Å². The molecule has 0 bridgehead atoms. The molecule has 0 aromatic heterocycles. The Morgan fingerprint density at radius 2 is 2.05 bits per heavy atom. The predicted octanol–water partition coefficient (Wildman–Crippen LogP) is 3.92. The number of nitro benzene ring substituents is 1. The highest BCUT2D eigenvalue weighted by Crippen LogP contribution is 2.30. The lowest BCUT2D eigenvalue weighted by Gasteiger charge is -2.30. The van der Waals surface area contributed by atoms with Gasteiger partial charge in [0, 0.05) is 12.1 Å². The van der Waals surface area contributed by atoms with Crippen LogP contribution in [0.15, 0.2) is 22.7 Å². The summed E-state index contributed by atoms with van der Waals surface area (Å²) in [5, 5.41) is 14.2.